The minimum atomic E-state index is -0.153. The number of thiazole rings is 1. The monoisotopic (exact) mass is 410 g/mol. The Kier molecular flexibility index (Phi) is 5.36. The molecule has 0 aliphatic carbocycles. The Labute approximate surface area is 170 Å². The number of anilines is 1. The van der Waals surface area contributed by atoms with E-state index in [1.54, 1.807) is 48.2 Å². The number of para-hydroxylation sites is 1. The molecule has 28 heavy (non-hydrogen) atoms. The fourth-order valence-corrected chi connectivity index (χ4v) is 4.51. The van der Waals surface area contributed by atoms with Crippen LogP contribution in [0.2, 0.25) is 0 Å². The molecule has 4 aromatic rings. The van der Waals surface area contributed by atoms with E-state index < -0.39 is 0 Å². The first-order valence-electron chi connectivity index (χ1n) is 8.61. The maximum absolute atomic E-state index is 13.4. The van der Waals surface area contributed by atoms with Gasteiger partial charge in [0, 0.05) is 10.5 Å². The number of ether oxygens (including phenoxy) is 1. The normalized spacial score (nSPS) is 10.9. The highest BCUT2D eigenvalue weighted by Gasteiger charge is 2.23. The standard InChI is InChI=1S/C21H18N2O3S2/c1-25-15-7-3-6-14(12-15)20(24)23(13-16-8-5-11-26-16)21-22-19-17(27-2)9-4-10-18(19)28-21/h3-12H,13H2,1-2H3. The molecule has 0 aliphatic heterocycles. The summed E-state index contributed by atoms with van der Waals surface area (Å²) >= 11 is 3.14. The van der Waals surface area contributed by atoms with Crippen LogP contribution in [0.25, 0.3) is 10.2 Å². The number of carbonyl (C=O) groups excluding carboxylic acids is 1. The van der Waals surface area contributed by atoms with Gasteiger partial charge in [-0.2, -0.15) is 0 Å². The number of hydrogen-bond donors (Lipinski definition) is 0. The number of rotatable bonds is 6. The molecule has 0 fully saturated rings. The van der Waals surface area contributed by atoms with Gasteiger partial charge in [-0.15, -0.1) is 11.8 Å². The number of carbonyl (C=O) groups is 1. The van der Waals surface area contributed by atoms with Gasteiger partial charge >= 0.3 is 0 Å². The molecular formula is C21H18N2O3S2. The van der Waals surface area contributed by atoms with Gasteiger partial charge in [-0.05, 0) is 48.7 Å². The SMILES string of the molecule is COc1cccc(C(=O)N(Cc2ccco2)c2nc3c(SC)cccc3s2)c1. The molecule has 0 saturated carbocycles. The number of amides is 1. The maximum atomic E-state index is 13.4. The van der Waals surface area contributed by atoms with E-state index in [-0.39, 0.29) is 5.91 Å². The van der Waals surface area contributed by atoms with E-state index in [0.29, 0.717) is 28.7 Å². The molecule has 5 nitrogen and oxygen atoms in total. The fourth-order valence-electron chi connectivity index (χ4n) is 2.89. The third kappa shape index (κ3) is 3.63. The molecular weight excluding hydrogens is 392 g/mol. The Hall–Kier alpha value is -2.77. The van der Waals surface area contributed by atoms with Gasteiger partial charge < -0.3 is 9.15 Å². The van der Waals surface area contributed by atoms with Crippen LogP contribution >= 0.6 is 23.1 Å². The van der Waals surface area contributed by atoms with Crippen LogP contribution in [0.3, 0.4) is 0 Å². The van der Waals surface area contributed by atoms with Gasteiger partial charge in [-0.3, -0.25) is 9.69 Å². The highest BCUT2D eigenvalue weighted by atomic mass is 32.2. The number of fused-ring (bicyclic) bond motifs is 1. The third-order valence-electron chi connectivity index (χ3n) is 4.28. The maximum Gasteiger partial charge on any atom is 0.260 e. The second-order valence-corrected chi connectivity index (χ2v) is 7.86. The predicted molar refractivity (Wildman–Crippen MR) is 114 cm³/mol. The average Bonchev–Trinajstić information content (AvgIpc) is 3.40. The van der Waals surface area contributed by atoms with Crippen LogP contribution < -0.4 is 9.64 Å². The Morgan fingerprint density at radius 2 is 2.07 bits per heavy atom. The summed E-state index contributed by atoms with van der Waals surface area (Å²) in [5.74, 6) is 1.18. The number of furan rings is 1. The largest absolute Gasteiger partial charge is 0.497 e. The highest BCUT2D eigenvalue weighted by molar-refractivity contribution is 7.98. The third-order valence-corrected chi connectivity index (χ3v) is 6.09. The summed E-state index contributed by atoms with van der Waals surface area (Å²) in [6.45, 7) is 0.303. The molecule has 4 rings (SSSR count). The Bertz CT molecular complexity index is 1110. The molecule has 2 heterocycles. The van der Waals surface area contributed by atoms with Crippen molar-refractivity contribution >= 4 is 44.4 Å². The first-order valence-corrected chi connectivity index (χ1v) is 10.7. The number of hydrogen-bond acceptors (Lipinski definition) is 6. The molecule has 0 bridgehead atoms. The summed E-state index contributed by atoms with van der Waals surface area (Å²) in [7, 11) is 1.59. The lowest BCUT2D eigenvalue weighted by Crippen LogP contribution is -2.30. The van der Waals surface area contributed by atoms with Gasteiger partial charge in [0.25, 0.3) is 5.91 Å². The summed E-state index contributed by atoms with van der Waals surface area (Å²) in [4.78, 5) is 20.9. The summed E-state index contributed by atoms with van der Waals surface area (Å²) in [6, 6.07) is 16.9. The lowest BCUT2D eigenvalue weighted by atomic mass is 10.2. The smallest absolute Gasteiger partial charge is 0.260 e. The van der Waals surface area contributed by atoms with Crippen molar-refractivity contribution < 1.29 is 13.9 Å². The van der Waals surface area contributed by atoms with Crippen LogP contribution in [0.5, 0.6) is 5.75 Å². The lowest BCUT2D eigenvalue weighted by Gasteiger charge is -2.19. The van der Waals surface area contributed by atoms with Crippen LogP contribution in [0.4, 0.5) is 5.13 Å². The quantitative estimate of drug-likeness (QED) is 0.395. The van der Waals surface area contributed by atoms with Crippen molar-refractivity contribution in [3.63, 3.8) is 0 Å². The minimum Gasteiger partial charge on any atom is -0.497 e. The van der Waals surface area contributed by atoms with Crippen LogP contribution in [-0.2, 0) is 6.54 Å². The molecule has 0 aliphatic rings. The summed E-state index contributed by atoms with van der Waals surface area (Å²) in [5.41, 5.74) is 1.45. The van der Waals surface area contributed by atoms with Gasteiger partial charge in [0.05, 0.1) is 30.1 Å². The van der Waals surface area contributed by atoms with E-state index >= 15 is 0 Å². The van der Waals surface area contributed by atoms with Crippen molar-refractivity contribution in [1.82, 2.24) is 4.98 Å². The molecule has 0 N–H and O–H groups in total. The van der Waals surface area contributed by atoms with Gasteiger partial charge in [0.2, 0.25) is 0 Å². The fraction of sp³-hybridized carbons (Fsp3) is 0.143. The molecule has 1 amide bonds. The van der Waals surface area contributed by atoms with E-state index in [1.165, 1.54) is 11.3 Å². The molecule has 0 spiro atoms. The zero-order chi connectivity index (χ0) is 19.5. The van der Waals surface area contributed by atoms with Crippen molar-refractivity contribution in [3.8, 4) is 5.75 Å². The molecule has 0 atom stereocenters. The van der Waals surface area contributed by atoms with E-state index in [4.69, 9.17) is 14.1 Å². The highest BCUT2D eigenvalue weighted by Crippen LogP contribution is 2.35. The van der Waals surface area contributed by atoms with Gasteiger partial charge in [0.15, 0.2) is 5.13 Å². The molecule has 0 saturated heterocycles. The second-order valence-electron chi connectivity index (χ2n) is 6.01. The lowest BCUT2D eigenvalue weighted by molar-refractivity contribution is 0.0983. The number of nitrogens with zero attached hydrogens (tertiary/aromatic N) is 2. The predicted octanol–water partition coefficient (Wildman–Crippen LogP) is 5.47. The van der Waals surface area contributed by atoms with Gasteiger partial charge in [-0.25, -0.2) is 4.98 Å². The zero-order valence-electron chi connectivity index (χ0n) is 15.4. The number of thioether (sulfide) groups is 1. The first-order chi connectivity index (χ1) is 13.7. The Morgan fingerprint density at radius 1 is 1.21 bits per heavy atom. The second kappa shape index (κ2) is 8.08. The Balaban J connectivity index is 1.78. The van der Waals surface area contributed by atoms with Gasteiger partial charge in [0.1, 0.15) is 11.5 Å². The molecule has 2 aromatic carbocycles. The molecule has 0 radical (unpaired) electrons. The average molecular weight is 411 g/mol. The number of methoxy groups -OCH3 is 1. The van der Waals surface area contributed by atoms with Crippen molar-refractivity contribution in [1.29, 1.82) is 0 Å². The first kappa shape index (κ1) is 18.6. The van der Waals surface area contributed by atoms with Crippen molar-refractivity contribution in [3.05, 3.63) is 72.2 Å². The van der Waals surface area contributed by atoms with Crippen molar-refractivity contribution in [2.75, 3.05) is 18.3 Å². The topological polar surface area (TPSA) is 55.6 Å². The molecule has 7 heteroatoms. The number of benzene rings is 2. The van der Waals surface area contributed by atoms with Gasteiger partial charge in [-0.1, -0.05) is 23.5 Å². The minimum absolute atomic E-state index is 0.153. The van der Waals surface area contributed by atoms with Crippen LogP contribution in [0, 0.1) is 0 Å². The Morgan fingerprint density at radius 3 is 2.82 bits per heavy atom. The van der Waals surface area contributed by atoms with E-state index in [9.17, 15) is 4.79 Å². The van der Waals surface area contributed by atoms with E-state index in [0.717, 1.165) is 15.1 Å². The van der Waals surface area contributed by atoms with E-state index in [2.05, 4.69) is 0 Å². The van der Waals surface area contributed by atoms with Crippen LogP contribution in [0.15, 0.2) is 70.2 Å². The molecule has 0 unspecified atom stereocenters. The summed E-state index contributed by atoms with van der Waals surface area (Å²) < 4.78 is 11.8. The van der Waals surface area contributed by atoms with Crippen molar-refractivity contribution in [2.45, 2.75) is 11.4 Å². The molecule has 142 valence electrons. The van der Waals surface area contributed by atoms with Crippen LogP contribution in [0.1, 0.15) is 16.1 Å². The molecule has 2 aromatic heterocycles. The van der Waals surface area contributed by atoms with Crippen LogP contribution in [-0.4, -0.2) is 24.3 Å². The summed E-state index contributed by atoms with van der Waals surface area (Å²) in [6.07, 6.45) is 3.63. The summed E-state index contributed by atoms with van der Waals surface area (Å²) in [5, 5.41) is 0.640. The van der Waals surface area contributed by atoms with Crippen molar-refractivity contribution in [2.24, 2.45) is 0 Å². The number of aromatic nitrogens is 1. The van der Waals surface area contributed by atoms with E-state index in [1.807, 2.05) is 42.7 Å². The zero-order valence-corrected chi connectivity index (χ0v) is 17.0.